The van der Waals surface area contributed by atoms with Gasteiger partial charge in [0.1, 0.15) is 0 Å². The molecule has 1 amide bonds. The Kier molecular flexibility index (Phi) is 3.16. The Hall–Kier alpha value is -3.08. The van der Waals surface area contributed by atoms with Gasteiger partial charge in [0.25, 0.3) is 5.91 Å². The van der Waals surface area contributed by atoms with E-state index in [9.17, 15) is 9.59 Å². The van der Waals surface area contributed by atoms with Crippen molar-refractivity contribution in [3.8, 4) is 0 Å². The van der Waals surface area contributed by atoms with Crippen molar-refractivity contribution in [1.29, 1.82) is 0 Å². The first-order valence-corrected chi connectivity index (χ1v) is 7.75. The van der Waals surface area contributed by atoms with E-state index in [1.807, 2.05) is 55.5 Å². The molecule has 4 rings (SSSR count). The van der Waals surface area contributed by atoms with Gasteiger partial charge in [-0.2, -0.15) is 0 Å². The van der Waals surface area contributed by atoms with E-state index < -0.39 is 17.6 Å². The van der Waals surface area contributed by atoms with Gasteiger partial charge in [0.15, 0.2) is 11.6 Å². The van der Waals surface area contributed by atoms with E-state index in [1.165, 1.54) is 6.08 Å². The first kappa shape index (κ1) is 14.5. The average molecular weight is 320 g/mol. The zero-order valence-electron chi connectivity index (χ0n) is 13.1. The number of hydrogen-bond donors (Lipinski definition) is 2. The second kappa shape index (κ2) is 5.23. The van der Waals surface area contributed by atoms with Gasteiger partial charge in [-0.25, -0.2) is 4.79 Å². The van der Waals surface area contributed by atoms with Crippen molar-refractivity contribution in [2.24, 2.45) is 0 Å². The molecule has 2 aromatic carbocycles. The molecule has 24 heavy (non-hydrogen) atoms. The van der Waals surface area contributed by atoms with E-state index in [4.69, 9.17) is 4.74 Å². The Bertz CT molecular complexity index is 874. The molecule has 2 heterocycles. The number of fused-ring (bicyclic) bond motifs is 1. The van der Waals surface area contributed by atoms with Gasteiger partial charge in [-0.1, -0.05) is 36.4 Å². The molecule has 0 saturated carbocycles. The van der Waals surface area contributed by atoms with Crippen LogP contribution in [0, 0.1) is 6.92 Å². The third-order valence-corrected chi connectivity index (χ3v) is 4.51. The molecule has 0 spiro atoms. The maximum absolute atomic E-state index is 13.0. The van der Waals surface area contributed by atoms with Gasteiger partial charge in [-0.15, -0.1) is 0 Å². The molecular weight excluding hydrogens is 304 g/mol. The summed E-state index contributed by atoms with van der Waals surface area (Å²) in [6.45, 7) is 1.96. The first-order valence-electron chi connectivity index (χ1n) is 7.75. The molecule has 0 aliphatic carbocycles. The van der Waals surface area contributed by atoms with Gasteiger partial charge < -0.3 is 15.4 Å². The highest BCUT2D eigenvalue weighted by Gasteiger charge is 2.55. The number of carbonyl (C=O) groups is 2. The van der Waals surface area contributed by atoms with Crippen molar-refractivity contribution >= 4 is 23.3 Å². The predicted molar refractivity (Wildman–Crippen MR) is 90.6 cm³/mol. The molecule has 0 bridgehead atoms. The summed E-state index contributed by atoms with van der Waals surface area (Å²) in [7, 11) is 0. The van der Waals surface area contributed by atoms with Gasteiger partial charge in [0, 0.05) is 23.0 Å². The van der Waals surface area contributed by atoms with Crippen LogP contribution in [0.5, 0.6) is 0 Å². The monoisotopic (exact) mass is 320 g/mol. The Morgan fingerprint density at radius 2 is 1.83 bits per heavy atom. The minimum atomic E-state index is -1.19. The molecule has 2 unspecified atom stereocenters. The second-order valence-electron chi connectivity index (χ2n) is 5.96. The third kappa shape index (κ3) is 2.01. The van der Waals surface area contributed by atoms with Crippen molar-refractivity contribution in [2.75, 3.05) is 10.6 Å². The number of benzene rings is 2. The normalized spacial score (nSPS) is 24.5. The number of anilines is 2. The van der Waals surface area contributed by atoms with Crippen LogP contribution in [0.4, 0.5) is 11.4 Å². The van der Waals surface area contributed by atoms with Crippen molar-refractivity contribution in [3.05, 3.63) is 71.8 Å². The molecule has 0 fully saturated rings. The van der Waals surface area contributed by atoms with Gasteiger partial charge in [0.05, 0.1) is 0 Å². The molecule has 0 saturated heterocycles. The number of hydrogen-bond acceptors (Lipinski definition) is 4. The molecule has 2 N–H and O–H groups in total. The number of amides is 1. The molecule has 120 valence electrons. The molecule has 2 aromatic rings. The zero-order chi connectivity index (χ0) is 16.7. The van der Waals surface area contributed by atoms with Crippen LogP contribution < -0.4 is 10.6 Å². The number of rotatable bonds is 3. The number of nitrogens with one attached hydrogen (secondary N) is 2. The van der Waals surface area contributed by atoms with Crippen LogP contribution in [-0.4, -0.2) is 18.0 Å². The summed E-state index contributed by atoms with van der Waals surface area (Å²) in [5, 5.41) is 6.24. The zero-order valence-corrected chi connectivity index (χ0v) is 13.1. The highest BCUT2D eigenvalue weighted by Crippen LogP contribution is 2.43. The number of cyclic esters (lactones) is 1. The fraction of sp³-hybridized carbons (Fsp3) is 0.158. The average Bonchev–Trinajstić information content (AvgIpc) is 3.12. The largest absolute Gasteiger partial charge is 0.451 e. The van der Waals surface area contributed by atoms with Gasteiger partial charge in [-0.05, 0) is 30.7 Å². The topological polar surface area (TPSA) is 67.4 Å². The lowest BCUT2D eigenvalue weighted by molar-refractivity contribution is -0.142. The lowest BCUT2D eigenvalue weighted by Gasteiger charge is -2.34. The number of esters is 1. The molecule has 2 atom stereocenters. The van der Waals surface area contributed by atoms with E-state index >= 15 is 0 Å². The molecule has 2 aliphatic rings. The Morgan fingerprint density at radius 1 is 1.08 bits per heavy atom. The van der Waals surface area contributed by atoms with E-state index in [1.54, 1.807) is 6.08 Å². The lowest BCUT2D eigenvalue weighted by Crippen LogP contribution is -2.51. The highest BCUT2D eigenvalue weighted by atomic mass is 16.5. The Balaban J connectivity index is 1.88. The SMILES string of the molecule is Cc1ccccc1NC1(C2C=CC(=O)O2)C(=O)Nc2ccccc21. The van der Waals surface area contributed by atoms with E-state index in [2.05, 4.69) is 10.6 Å². The summed E-state index contributed by atoms with van der Waals surface area (Å²) in [5.41, 5.74) is 2.12. The lowest BCUT2D eigenvalue weighted by atomic mass is 9.84. The number of carbonyl (C=O) groups excluding carboxylic acids is 2. The molecule has 5 heteroatoms. The maximum Gasteiger partial charge on any atom is 0.331 e. The van der Waals surface area contributed by atoms with Crippen LogP contribution in [0.3, 0.4) is 0 Å². The van der Waals surface area contributed by atoms with E-state index in [0.717, 1.165) is 22.5 Å². The molecule has 5 nitrogen and oxygen atoms in total. The standard InChI is InChI=1S/C19H16N2O3/c1-12-6-2-4-8-14(12)21-19(16-10-11-17(22)24-16)13-7-3-5-9-15(13)20-18(19)23/h2-11,16,21H,1H3,(H,20,23). The number of ether oxygens (including phenoxy) is 1. The summed E-state index contributed by atoms with van der Waals surface area (Å²) in [5.74, 6) is -0.681. The van der Waals surface area contributed by atoms with E-state index in [0.29, 0.717) is 0 Å². The smallest absolute Gasteiger partial charge is 0.331 e. The van der Waals surface area contributed by atoms with Crippen LogP contribution in [0.1, 0.15) is 11.1 Å². The summed E-state index contributed by atoms with van der Waals surface area (Å²) in [4.78, 5) is 24.6. The third-order valence-electron chi connectivity index (χ3n) is 4.51. The molecule has 0 radical (unpaired) electrons. The van der Waals surface area contributed by atoms with Crippen molar-refractivity contribution in [2.45, 2.75) is 18.6 Å². The van der Waals surface area contributed by atoms with Gasteiger partial charge >= 0.3 is 5.97 Å². The molecular formula is C19H16N2O3. The summed E-state index contributed by atoms with van der Waals surface area (Å²) >= 11 is 0. The minimum absolute atomic E-state index is 0.240. The quantitative estimate of drug-likeness (QED) is 0.853. The molecule has 0 aromatic heterocycles. The fourth-order valence-electron chi connectivity index (χ4n) is 3.28. The van der Waals surface area contributed by atoms with Crippen LogP contribution in [0.15, 0.2) is 60.7 Å². The second-order valence-corrected chi connectivity index (χ2v) is 5.96. The van der Waals surface area contributed by atoms with Crippen LogP contribution in [0.2, 0.25) is 0 Å². The predicted octanol–water partition coefficient (Wildman–Crippen LogP) is 2.74. The van der Waals surface area contributed by atoms with Crippen LogP contribution in [-0.2, 0) is 19.9 Å². The summed E-state index contributed by atoms with van der Waals surface area (Å²) < 4.78 is 5.41. The van der Waals surface area contributed by atoms with E-state index in [-0.39, 0.29) is 5.91 Å². The highest BCUT2D eigenvalue weighted by molar-refractivity contribution is 6.09. The fourth-order valence-corrected chi connectivity index (χ4v) is 3.28. The number of aryl methyl sites for hydroxylation is 1. The first-order chi connectivity index (χ1) is 11.6. The van der Waals surface area contributed by atoms with Gasteiger partial charge in [0.2, 0.25) is 0 Å². The summed E-state index contributed by atoms with van der Waals surface area (Å²) in [6.07, 6.45) is 2.28. The van der Waals surface area contributed by atoms with Crippen LogP contribution >= 0.6 is 0 Å². The Labute approximate surface area is 139 Å². The van der Waals surface area contributed by atoms with Crippen molar-refractivity contribution < 1.29 is 14.3 Å². The maximum atomic E-state index is 13.0. The van der Waals surface area contributed by atoms with Gasteiger partial charge in [-0.3, -0.25) is 4.79 Å². The van der Waals surface area contributed by atoms with Crippen LogP contribution in [0.25, 0.3) is 0 Å². The molecule has 2 aliphatic heterocycles. The van der Waals surface area contributed by atoms with Crippen molar-refractivity contribution in [3.63, 3.8) is 0 Å². The Morgan fingerprint density at radius 3 is 2.58 bits per heavy atom. The van der Waals surface area contributed by atoms with Crippen molar-refractivity contribution in [1.82, 2.24) is 0 Å². The summed E-state index contributed by atoms with van der Waals surface area (Å²) in [6, 6.07) is 15.2. The number of para-hydroxylation sites is 2. The minimum Gasteiger partial charge on any atom is -0.451 e.